The van der Waals surface area contributed by atoms with Crippen molar-refractivity contribution < 1.29 is 18.7 Å². The van der Waals surface area contributed by atoms with Gasteiger partial charge in [0.05, 0.1) is 6.10 Å². The molecule has 34 heavy (non-hydrogen) atoms. The van der Waals surface area contributed by atoms with Gasteiger partial charge in [-0.05, 0) is 75.2 Å². The molecule has 0 fully saturated rings. The van der Waals surface area contributed by atoms with E-state index in [1.807, 2.05) is 13.8 Å². The Morgan fingerprint density at radius 3 is 2.32 bits per heavy atom. The van der Waals surface area contributed by atoms with Crippen LogP contribution in [-0.4, -0.2) is 16.6 Å². The van der Waals surface area contributed by atoms with Crippen molar-refractivity contribution in [3.63, 3.8) is 0 Å². The van der Waals surface area contributed by atoms with E-state index in [1.54, 1.807) is 45.3 Å². The van der Waals surface area contributed by atoms with Crippen LogP contribution >= 0.6 is 0 Å². The summed E-state index contributed by atoms with van der Waals surface area (Å²) in [7, 11) is 1.64. The highest BCUT2D eigenvalue weighted by molar-refractivity contribution is 5.99. The molecule has 0 radical (unpaired) electrons. The molecule has 1 N–H and O–H groups in total. The van der Waals surface area contributed by atoms with Gasteiger partial charge in [0.15, 0.2) is 0 Å². The predicted molar refractivity (Wildman–Crippen MR) is 134 cm³/mol. The third-order valence-corrected chi connectivity index (χ3v) is 4.91. The topological polar surface area (TPSA) is 69.6 Å². The summed E-state index contributed by atoms with van der Waals surface area (Å²) in [6.45, 7) is 10.7. The zero-order chi connectivity index (χ0) is 24.3. The third-order valence-electron chi connectivity index (χ3n) is 4.91. The van der Waals surface area contributed by atoms with Crippen LogP contribution in [0.5, 0.6) is 17.2 Å². The Labute approximate surface area is 199 Å². The highest BCUT2D eigenvalue weighted by Crippen LogP contribution is 2.41. The average Bonchev–Trinajstić information content (AvgIpc) is 2.73. The first kappa shape index (κ1) is 26.4. The van der Waals surface area contributed by atoms with E-state index in [0.29, 0.717) is 45.2 Å². The van der Waals surface area contributed by atoms with Gasteiger partial charge in [0.25, 0.3) is 5.56 Å². The number of pyridine rings is 1. The molecule has 0 saturated carbocycles. The van der Waals surface area contributed by atoms with Gasteiger partial charge in [-0.3, -0.25) is 9.59 Å². The number of hydrogen-bond acceptors (Lipinski definition) is 4. The van der Waals surface area contributed by atoms with Gasteiger partial charge >= 0.3 is 0 Å². The molecule has 1 heterocycles. The number of nitrogens with zero attached hydrogens (tertiary/aromatic N) is 1. The lowest BCUT2D eigenvalue weighted by molar-refractivity contribution is -0.111. The van der Waals surface area contributed by atoms with Crippen LogP contribution in [0, 0.1) is 19.7 Å². The third kappa shape index (κ3) is 5.92. The van der Waals surface area contributed by atoms with Crippen molar-refractivity contribution in [1.29, 1.82) is 0 Å². The number of hydrogen-bond donors (Lipinski definition) is 1. The lowest BCUT2D eigenvalue weighted by Crippen LogP contribution is -2.17. The number of halogens is 1. The van der Waals surface area contributed by atoms with Crippen LogP contribution < -0.4 is 20.3 Å². The molecule has 0 aliphatic carbocycles. The van der Waals surface area contributed by atoms with Gasteiger partial charge in [0.2, 0.25) is 5.91 Å². The van der Waals surface area contributed by atoms with Gasteiger partial charge in [0, 0.05) is 36.1 Å². The molecule has 2 aromatic carbocycles. The number of amides is 1. The standard InChI is InChI=1S/C26H27FN2O4.CH4/c1-7-24(30)28-19-8-9-22(33-26-16(4)10-18(27)11-17(26)5)20(12-19)21-14-29(6)25(31)13-23(21)32-15(2)3;/h7-15H,1H2,2-6H3,(H,28,30);1H4. The van der Waals surface area contributed by atoms with Crippen molar-refractivity contribution in [3.8, 4) is 28.4 Å². The quantitative estimate of drug-likeness (QED) is 0.424. The number of carbonyl (C=O) groups is 1. The van der Waals surface area contributed by atoms with E-state index in [-0.39, 0.29) is 30.8 Å². The van der Waals surface area contributed by atoms with Crippen LogP contribution in [0.2, 0.25) is 0 Å². The summed E-state index contributed by atoms with van der Waals surface area (Å²) >= 11 is 0. The molecule has 0 aliphatic rings. The minimum Gasteiger partial charge on any atom is -0.490 e. The van der Waals surface area contributed by atoms with Crippen molar-refractivity contribution in [1.82, 2.24) is 4.57 Å². The second-order valence-corrected chi connectivity index (χ2v) is 8.04. The molecule has 3 aromatic rings. The molecule has 7 heteroatoms. The first-order chi connectivity index (χ1) is 15.6. The maximum absolute atomic E-state index is 13.8. The van der Waals surface area contributed by atoms with Crippen molar-refractivity contribution in [2.45, 2.75) is 41.2 Å². The summed E-state index contributed by atoms with van der Waals surface area (Å²) in [5.74, 6) is 0.663. The molecule has 0 bridgehead atoms. The minimum atomic E-state index is -0.362. The Balaban J connectivity index is 0.00000408. The summed E-state index contributed by atoms with van der Waals surface area (Å²) in [6, 6.07) is 9.36. The van der Waals surface area contributed by atoms with Crippen molar-refractivity contribution in [3.05, 3.63) is 82.5 Å². The predicted octanol–water partition coefficient (Wildman–Crippen LogP) is 6.15. The summed E-state index contributed by atoms with van der Waals surface area (Å²) < 4.78 is 27.4. The van der Waals surface area contributed by atoms with Crippen molar-refractivity contribution in [2.24, 2.45) is 7.05 Å². The van der Waals surface area contributed by atoms with Crippen LogP contribution in [0.3, 0.4) is 0 Å². The molecule has 1 aromatic heterocycles. The molecule has 3 rings (SSSR count). The number of benzene rings is 2. The van der Waals surface area contributed by atoms with E-state index in [0.717, 1.165) is 0 Å². The normalized spacial score (nSPS) is 10.4. The van der Waals surface area contributed by atoms with Crippen molar-refractivity contribution in [2.75, 3.05) is 5.32 Å². The highest BCUT2D eigenvalue weighted by atomic mass is 19.1. The molecule has 0 saturated heterocycles. The summed E-state index contributed by atoms with van der Waals surface area (Å²) in [5.41, 5.74) is 2.76. The fraction of sp³-hybridized carbons (Fsp3) is 0.259. The molecule has 0 unspecified atom stereocenters. The zero-order valence-electron chi connectivity index (χ0n) is 19.4. The highest BCUT2D eigenvalue weighted by Gasteiger charge is 2.18. The van der Waals surface area contributed by atoms with Gasteiger partial charge in [0.1, 0.15) is 23.1 Å². The van der Waals surface area contributed by atoms with Gasteiger partial charge in [-0.15, -0.1) is 0 Å². The van der Waals surface area contributed by atoms with E-state index < -0.39 is 0 Å². The summed E-state index contributed by atoms with van der Waals surface area (Å²) in [5, 5.41) is 2.74. The lowest BCUT2D eigenvalue weighted by Gasteiger charge is -2.20. The fourth-order valence-corrected chi connectivity index (χ4v) is 3.44. The van der Waals surface area contributed by atoms with Crippen molar-refractivity contribution >= 4 is 11.6 Å². The van der Waals surface area contributed by atoms with Crippen LogP contribution in [-0.2, 0) is 11.8 Å². The number of rotatable bonds is 7. The van der Waals surface area contributed by atoms with E-state index in [9.17, 15) is 14.0 Å². The molecule has 0 aliphatic heterocycles. The van der Waals surface area contributed by atoms with Gasteiger partial charge < -0.3 is 19.4 Å². The Hall–Kier alpha value is -3.87. The van der Waals surface area contributed by atoms with Crippen LogP contribution in [0.25, 0.3) is 11.1 Å². The smallest absolute Gasteiger partial charge is 0.254 e. The lowest BCUT2D eigenvalue weighted by atomic mass is 10.0. The van der Waals surface area contributed by atoms with Gasteiger partial charge in [-0.25, -0.2) is 4.39 Å². The number of ether oxygens (including phenoxy) is 2. The molecule has 1 amide bonds. The Bertz CT molecular complexity index is 1260. The number of anilines is 1. The first-order valence-electron chi connectivity index (χ1n) is 10.5. The number of aromatic nitrogens is 1. The molecule has 6 nitrogen and oxygen atoms in total. The molecule has 0 spiro atoms. The second kappa shape index (κ2) is 10.8. The maximum Gasteiger partial charge on any atom is 0.254 e. The van der Waals surface area contributed by atoms with E-state index in [4.69, 9.17) is 9.47 Å². The van der Waals surface area contributed by atoms with E-state index >= 15 is 0 Å². The number of nitrogens with one attached hydrogen (secondary N) is 1. The Morgan fingerprint density at radius 2 is 1.74 bits per heavy atom. The molecular formula is C27H31FN2O4. The molecule has 180 valence electrons. The minimum absolute atomic E-state index is 0. The van der Waals surface area contributed by atoms with Crippen LogP contribution in [0.4, 0.5) is 10.1 Å². The fourth-order valence-electron chi connectivity index (χ4n) is 3.44. The molecule has 0 atom stereocenters. The Kier molecular flexibility index (Phi) is 8.41. The SMILES string of the molecule is C.C=CC(=O)Nc1ccc(Oc2c(C)cc(F)cc2C)c(-c2cn(C)c(=O)cc2OC(C)C)c1. The Morgan fingerprint density at radius 1 is 1.09 bits per heavy atom. The molecular weight excluding hydrogens is 435 g/mol. The van der Waals surface area contributed by atoms with Gasteiger partial charge in [-0.2, -0.15) is 0 Å². The second-order valence-electron chi connectivity index (χ2n) is 8.04. The number of carbonyl (C=O) groups excluding carboxylic acids is 1. The monoisotopic (exact) mass is 466 g/mol. The largest absolute Gasteiger partial charge is 0.490 e. The van der Waals surface area contributed by atoms with Crippen LogP contribution in [0.15, 0.2) is 60.0 Å². The first-order valence-corrected chi connectivity index (χ1v) is 10.5. The summed E-state index contributed by atoms with van der Waals surface area (Å²) in [4.78, 5) is 24.2. The maximum atomic E-state index is 13.8. The summed E-state index contributed by atoms with van der Waals surface area (Å²) in [6.07, 6.45) is 2.66. The zero-order valence-corrected chi connectivity index (χ0v) is 19.4. The van der Waals surface area contributed by atoms with E-state index in [2.05, 4.69) is 11.9 Å². The van der Waals surface area contributed by atoms with Gasteiger partial charge in [-0.1, -0.05) is 14.0 Å². The number of aryl methyl sites for hydroxylation is 3. The average molecular weight is 467 g/mol. The van der Waals surface area contributed by atoms with E-state index in [1.165, 1.54) is 28.8 Å². The van der Waals surface area contributed by atoms with Crippen LogP contribution in [0.1, 0.15) is 32.4 Å².